The first-order valence-electron chi connectivity index (χ1n) is 8.00. The third kappa shape index (κ3) is 5.34. The molecule has 5 nitrogen and oxygen atoms in total. The highest BCUT2D eigenvalue weighted by atomic mass is 16.1. The molecule has 1 saturated heterocycles. The van der Waals surface area contributed by atoms with E-state index in [1.165, 1.54) is 19.3 Å². The van der Waals surface area contributed by atoms with Crippen LogP contribution in [0, 0.1) is 0 Å². The molecule has 1 amide bonds. The number of pyridine rings is 1. The van der Waals surface area contributed by atoms with E-state index in [-0.39, 0.29) is 5.91 Å². The van der Waals surface area contributed by atoms with Crippen LogP contribution in [0.25, 0.3) is 0 Å². The lowest BCUT2D eigenvalue weighted by molar-refractivity contribution is 0.0946. The topological polar surface area (TPSA) is 57.3 Å². The number of nitrogens with zero attached hydrogens (tertiary/aromatic N) is 2. The molecule has 2 rings (SSSR count). The van der Waals surface area contributed by atoms with E-state index in [4.69, 9.17) is 0 Å². The number of rotatable bonds is 7. The summed E-state index contributed by atoms with van der Waals surface area (Å²) in [4.78, 5) is 18.7. The molecule has 0 aliphatic carbocycles. The van der Waals surface area contributed by atoms with Gasteiger partial charge in [-0.1, -0.05) is 13.3 Å². The second-order valence-corrected chi connectivity index (χ2v) is 5.52. The second-order valence-electron chi connectivity index (χ2n) is 5.52. The summed E-state index contributed by atoms with van der Waals surface area (Å²) < 4.78 is 0. The molecule has 2 N–H and O–H groups in total. The number of aromatic nitrogens is 1. The van der Waals surface area contributed by atoms with E-state index < -0.39 is 0 Å². The first-order valence-corrected chi connectivity index (χ1v) is 8.00. The van der Waals surface area contributed by atoms with E-state index in [0.717, 1.165) is 38.4 Å². The molecule has 1 aromatic rings. The molecule has 0 radical (unpaired) electrons. The molecule has 21 heavy (non-hydrogen) atoms. The SMILES string of the molecule is CCCNc1ccc(C(=O)NCCN2CCCCC2)cn1. The smallest absolute Gasteiger partial charge is 0.252 e. The number of amides is 1. The molecule has 1 fully saturated rings. The normalized spacial score (nSPS) is 15.7. The van der Waals surface area contributed by atoms with Crippen molar-refractivity contribution in [1.82, 2.24) is 15.2 Å². The fraction of sp³-hybridized carbons (Fsp3) is 0.625. The van der Waals surface area contributed by atoms with Crippen LogP contribution in [0.1, 0.15) is 43.0 Å². The van der Waals surface area contributed by atoms with Gasteiger partial charge in [-0.25, -0.2) is 4.98 Å². The Hall–Kier alpha value is -1.62. The summed E-state index contributed by atoms with van der Waals surface area (Å²) in [5.74, 6) is 0.781. The van der Waals surface area contributed by atoms with Gasteiger partial charge < -0.3 is 15.5 Å². The molecular weight excluding hydrogens is 264 g/mol. The molecule has 0 aromatic carbocycles. The van der Waals surface area contributed by atoms with Crippen molar-refractivity contribution in [2.45, 2.75) is 32.6 Å². The lowest BCUT2D eigenvalue weighted by atomic mass is 10.1. The zero-order valence-electron chi connectivity index (χ0n) is 12.9. The fourth-order valence-electron chi connectivity index (χ4n) is 2.50. The summed E-state index contributed by atoms with van der Waals surface area (Å²) in [5, 5.41) is 6.17. The molecule has 2 heterocycles. The Kier molecular flexibility index (Phi) is 6.47. The maximum atomic E-state index is 12.0. The standard InChI is InChI=1S/C16H26N4O/c1-2-8-17-15-7-6-14(13-19-15)16(21)18-9-12-20-10-4-3-5-11-20/h6-7,13H,2-5,8-12H2,1H3,(H,17,19)(H,18,21). The Labute approximate surface area is 127 Å². The van der Waals surface area contributed by atoms with Crippen molar-refractivity contribution in [2.24, 2.45) is 0 Å². The van der Waals surface area contributed by atoms with Crippen LogP contribution in [0.2, 0.25) is 0 Å². The first kappa shape index (κ1) is 15.8. The summed E-state index contributed by atoms with van der Waals surface area (Å²) in [5.41, 5.74) is 0.621. The number of hydrogen-bond acceptors (Lipinski definition) is 4. The van der Waals surface area contributed by atoms with Crippen LogP contribution in [0.3, 0.4) is 0 Å². The van der Waals surface area contributed by atoms with Crippen molar-refractivity contribution < 1.29 is 4.79 Å². The summed E-state index contributed by atoms with van der Waals surface area (Å²) in [6.07, 6.45) is 6.59. The number of carbonyl (C=O) groups is 1. The molecule has 0 bridgehead atoms. The van der Waals surface area contributed by atoms with E-state index in [2.05, 4.69) is 27.4 Å². The fourth-order valence-corrected chi connectivity index (χ4v) is 2.50. The molecule has 0 atom stereocenters. The quantitative estimate of drug-likeness (QED) is 0.807. The Morgan fingerprint density at radius 3 is 2.71 bits per heavy atom. The van der Waals surface area contributed by atoms with Crippen LogP contribution in [0.15, 0.2) is 18.3 Å². The summed E-state index contributed by atoms with van der Waals surface area (Å²) >= 11 is 0. The van der Waals surface area contributed by atoms with Gasteiger partial charge >= 0.3 is 0 Å². The Balaban J connectivity index is 1.72. The third-order valence-electron chi connectivity index (χ3n) is 3.74. The van der Waals surface area contributed by atoms with Crippen LogP contribution in [-0.2, 0) is 0 Å². The van der Waals surface area contributed by atoms with E-state index >= 15 is 0 Å². The third-order valence-corrected chi connectivity index (χ3v) is 3.74. The first-order chi connectivity index (χ1) is 10.3. The zero-order chi connectivity index (χ0) is 14.9. The van der Waals surface area contributed by atoms with Gasteiger partial charge in [0.05, 0.1) is 5.56 Å². The minimum Gasteiger partial charge on any atom is -0.370 e. The molecule has 0 unspecified atom stereocenters. The van der Waals surface area contributed by atoms with Gasteiger partial charge in [-0.3, -0.25) is 4.79 Å². The van der Waals surface area contributed by atoms with Crippen molar-refractivity contribution >= 4 is 11.7 Å². The molecule has 5 heteroatoms. The molecule has 1 aliphatic heterocycles. The molecule has 116 valence electrons. The molecule has 0 saturated carbocycles. The predicted molar refractivity (Wildman–Crippen MR) is 85.6 cm³/mol. The Bertz CT molecular complexity index is 426. The number of carbonyl (C=O) groups excluding carboxylic acids is 1. The number of anilines is 1. The summed E-state index contributed by atoms with van der Waals surface area (Å²) in [6.45, 7) is 6.97. The van der Waals surface area contributed by atoms with E-state index in [0.29, 0.717) is 12.1 Å². The number of piperidine rings is 1. The van der Waals surface area contributed by atoms with Crippen LogP contribution in [0.5, 0.6) is 0 Å². The number of nitrogens with one attached hydrogen (secondary N) is 2. The van der Waals surface area contributed by atoms with Crippen molar-refractivity contribution in [1.29, 1.82) is 0 Å². The van der Waals surface area contributed by atoms with E-state index in [1.54, 1.807) is 6.20 Å². The summed E-state index contributed by atoms with van der Waals surface area (Å²) in [7, 11) is 0. The van der Waals surface area contributed by atoms with Crippen LogP contribution < -0.4 is 10.6 Å². The van der Waals surface area contributed by atoms with Gasteiger partial charge in [0.2, 0.25) is 0 Å². The Morgan fingerprint density at radius 1 is 1.24 bits per heavy atom. The van der Waals surface area contributed by atoms with Crippen molar-refractivity contribution in [3.8, 4) is 0 Å². The van der Waals surface area contributed by atoms with E-state index in [1.807, 2.05) is 12.1 Å². The van der Waals surface area contributed by atoms with Gasteiger partial charge in [0.25, 0.3) is 5.91 Å². The average Bonchev–Trinajstić information content (AvgIpc) is 2.54. The highest BCUT2D eigenvalue weighted by molar-refractivity contribution is 5.94. The second kappa shape index (κ2) is 8.62. The lowest BCUT2D eigenvalue weighted by Crippen LogP contribution is -2.37. The predicted octanol–water partition coefficient (Wildman–Crippen LogP) is 2.12. The summed E-state index contributed by atoms with van der Waals surface area (Å²) in [6, 6.07) is 3.68. The van der Waals surface area contributed by atoms with Gasteiger partial charge in [-0.05, 0) is 44.5 Å². The monoisotopic (exact) mass is 290 g/mol. The van der Waals surface area contributed by atoms with Gasteiger partial charge in [0.1, 0.15) is 5.82 Å². The highest BCUT2D eigenvalue weighted by Crippen LogP contribution is 2.08. The van der Waals surface area contributed by atoms with Crippen LogP contribution >= 0.6 is 0 Å². The Morgan fingerprint density at radius 2 is 2.05 bits per heavy atom. The van der Waals surface area contributed by atoms with Gasteiger partial charge in [0, 0.05) is 25.8 Å². The van der Waals surface area contributed by atoms with Gasteiger partial charge in [0.15, 0.2) is 0 Å². The minimum absolute atomic E-state index is 0.0402. The lowest BCUT2D eigenvalue weighted by Gasteiger charge is -2.26. The van der Waals surface area contributed by atoms with E-state index in [9.17, 15) is 4.79 Å². The average molecular weight is 290 g/mol. The number of hydrogen-bond donors (Lipinski definition) is 2. The molecule has 0 spiro atoms. The molecular formula is C16H26N4O. The number of likely N-dealkylation sites (tertiary alicyclic amines) is 1. The van der Waals surface area contributed by atoms with Crippen molar-refractivity contribution in [3.05, 3.63) is 23.9 Å². The zero-order valence-corrected chi connectivity index (χ0v) is 12.9. The van der Waals surface area contributed by atoms with Crippen molar-refractivity contribution in [3.63, 3.8) is 0 Å². The maximum absolute atomic E-state index is 12.0. The van der Waals surface area contributed by atoms with Gasteiger partial charge in [-0.15, -0.1) is 0 Å². The minimum atomic E-state index is -0.0402. The maximum Gasteiger partial charge on any atom is 0.252 e. The van der Waals surface area contributed by atoms with Gasteiger partial charge in [-0.2, -0.15) is 0 Å². The molecule has 1 aromatic heterocycles. The molecule has 1 aliphatic rings. The highest BCUT2D eigenvalue weighted by Gasteiger charge is 2.10. The van der Waals surface area contributed by atoms with Crippen LogP contribution in [0.4, 0.5) is 5.82 Å². The van der Waals surface area contributed by atoms with Crippen LogP contribution in [-0.4, -0.2) is 48.5 Å². The largest absolute Gasteiger partial charge is 0.370 e. The van der Waals surface area contributed by atoms with Crippen molar-refractivity contribution in [2.75, 3.05) is 38.0 Å².